The molecule has 2 heterocycles. The summed E-state index contributed by atoms with van der Waals surface area (Å²) in [7, 11) is -3.66. The summed E-state index contributed by atoms with van der Waals surface area (Å²) in [4.78, 5) is 17.3. The molecule has 1 atom stereocenters. The van der Waals surface area contributed by atoms with E-state index in [1.807, 2.05) is 0 Å². The fourth-order valence-electron chi connectivity index (χ4n) is 1.36. The van der Waals surface area contributed by atoms with Gasteiger partial charge >= 0.3 is 0 Å². The average molecular weight is 285 g/mol. The highest BCUT2D eigenvalue weighted by atomic mass is 32.2. The first-order chi connectivity index (χ1) is 8.49. The molecule has 2 rings (SSSR count). The topological polar surface area (TPSA) is 91.9 Å². The van der Waals surface area contributed by atoms with Crippen LogP contribution in [-0.2, 0) is 10.0 Å². The summed E-state index contributed by atoms with van der Waals surface area (Å²) in [6.45, 7) is 1.71. The number of nitrogens with one attached hydrogen (secondary N) is 2. The minimum Gasteiger partial charge on any atom is -0.328 e. The molecule has 0 aliphatic rings. The van der Waals surface area contributed by atoms with Crippen molar-refractivity contribution in [3.63, 3.8) is 0 Å². The summed E-state index contributed by atoms with van der Waals surface area (Å²) in [5, 5.41) is 2.46. The molecule has 0 aromatic carbocycles. The lowest BCUT2D eigenvalue weighted by atomic mass is 10.4. The van der Waals surface area contributed by atoms with Gasteiger partial charge in [0.05, 0.1) is 10.9 Å². The van der Waals surface area contributed by atoms with Gasteiger partial charge in [-0.15, -0.1) is 11.3 Å². The van der Waals surface area contributed by atoms with Gasteiger partial charge in [0.15, 0.2) is 0 Å². The molecule has 2 aromatic rings. The summed E-state index contributed by atoms with van der Waals surface area (Å²) in [5.41, 5.74) is -0.345. The Morgan fingerprint density at radius 2 is 2.22 bits per heavy atom. The highest BCUT2D eigenvalue weighted by molar-refractivity contribution is 7.89. The van der Waals surface area contributed by atoms with Gasteiger partial charge in [0.25, 0.3) is 0 Å². The Labute approximate surface area is 108 Å². The second kappa shape index (κ2) is 5.01. The van der Waals surface area contributed by atoms with Crippen molar-refractivity contribution in [3.8, 4) is 0 Å². The molecule has 18 heavy (non-hydrogen) atoms. The molecular formula is C10H11N3O3S2. The molecule has 0 radical (unpaired) electrons. The summed E-state index contributed by atoms with van der Waals surface area (Å²) < 4.78 is 26.5. The molecule has 1 unspecified atom stereocenters. The van der Waals surface area contributed by atoms with Crippen molar-refractivity contribution in [2.24, 2.45) is 0 Å². The standard InChI is InChI=1S/C10H11N3O3S2/c1-7(10-11-4-5-17-10)13-18(15,16)8-2-3-9(14)12-6-8/h2-7,13H,1H3,(H,12,14). The van der Waals surface area contributed by atoms with Gasteiger partial charge in [-0.3, -0.25) is 4.79 Å². The number of aromatic nitrogens is 2. The summed E-state index contributed by atoms with van der Waals surface area (Å²) in [6.07, 6.45) is 2.78. The van der Waals surface area contributed by atoms with E-state index >= 15 is 0 Å². The van der Waals surface area contributed by atoms with Gasteiger partial charge in [-0.25, -0.2) is 18.1 Å². The molecule has 8 heteroatoms. The molecule has 0 saturated carbocycles. The Kier molecular flexibility index (Phi) is 3.60. The van der Waals surface area contributed by atoms with Gasteiger partial charge in [0.1, 0.15) is 5.01 Å². The van der Waals surface area contributed by atoms with E-state index in [0.29, 0.717) is 5.01 Å². The van der Waals surface area contributed by atoms with E-state index in [4.69, 9.17) is 0 Å². The van der Waals surface area contributed by atoms with E-state index in [1.165, 1.54) is 29.7 Å². The first-order valence-corrected chi connectivity index (χ1v) is 7.46. The van der Waals surface area contributed by atoms with Crippen LogP contribution in [0, 0.1) is 0 Å². The van der Waals surface area contributed by atoms with E-state index < -0.39 is 16.1 Å². The number of H-pyrrole nitrogens is 1. The number of aromatic amines is 1. The van der Waals surface area contributed by atoms with Crippen LogP contribution in [0.25, 0.3) is 0 Å². The Bertz CT molecular complexity index is 656. The lowest BCUT2D eigenvalue weighted by molar-refractivity contribution is 0.566. The van der Waals surface area contributed by atoms with E-state index in [0.717, 1.165) is 0 Å². The van der Waals surface area contributed by atoms with Gasteiger partial charge in [-0.05, 0) is 13.0 Å². The maximum absolute atomic E-state index is 12.0. The molecule has 96 valence electrons. The first-order valence-electron chi connectivity index (χ1n) is 5.09. The quantitative estimate of drug-likeness (QED) is 0.872. The largest absolute Gasteiger partial charge is 0.328 e. The van der Waals surface area contributed by atoms with E-state index in [-0.39, 0.29) is 10.5 Å². The molecular weight excluding hydrogens is 274 g/mol. The Balaban J connectivity index is 2.22. The maximum Gasteiger partial charge on any atom is 0.247 e. The lowest BCUT2D eigenvalue weighted by Crippen LogP contribution is -2.27. The Hall–Kier alpha value is -1.51. The van der Waals surface area contributed by atoms with E-state index in [9.17, 15) is 13.2 Å². The molecule has 2 aromatic heterocycles. The molecule has 0 spiro atoms. The SMILES string of the molecule is CC(NS(=O)(=O)c1ccc(=O)[nH]c1)c1nccs1. The van der Waals surface area contributed by atoms with Crippen molar-refractivity contribution >= 4 is 21.4 Å². The van der Waals surface area contributed by atoms with Crippen molar-refractivity contribution in [1.29, 1.82) is 0 Å². The van der Waals surface area contributed by atoms with Crippen molar-refractivity contribution in [1.82, 2.24) is 14.7 Å². The van der Waals surface area contributed by atoms with Crippen molar-refractivity contribution in [2.45, 2.75) is 17.9 Å². The van der Waals surface area contributed by atoms with Gasteiger partial charge in [-0.2, -0.15) is 0 Å². The minimum absolute atomic E-state index is 0.0190. The molecule has 0 amide bonds. The normalized spacial score (nSPS) is 13.4. The molecule has 0 bridgehead atoms. The van der Waals surface area contributed by atoms with Crippen molar-refractivity contribution in [2.75, 3.05) is 0 Å². The molecule has 0 aliphatic heterocycles. The third kappa shape index (κ3) is 2.84. The maximum atomic E-state index is 12.0. The fourth-order valence-corrected chi connectivity index (χ4v) is 3.26. The van der Waals surface area contributed by atoms with Crippen LogP contribution in [0.1, 0.15) is 18.0 Å². The number of rotatable bonds is 4. The zero-order valence-electron chi connectivity index (χ0n) is 9.45. The monoisotopic (exact) mass is 285 g/mol. The van der Waals surface area contributed by atoms with Gasteiger partial charge in [0, 0.05) is 23.8 Å². The Morgan fingerprint density at radius 1 is 1.44 bits per heavy atom. The van der Waals surface area contributed by atoms with Crippen LogP contribution >= 0.6 is 11.3 Å². The molecule has 0 aliphatic carbocycles. The van der Waals surface area contributed by atoms with Gasteiger partial charge < -0.3 is 4.98 Å². The van der Waals surface area contributed by atoms with Crippen molar-refractivity contribution < 1.29 is 8.42 Å². The molecule has 0 saturated heterocycles. The van der Waals surface area contributed by atoms with Crippen LogP contribution in [0.2, 0.25) is 0 Å². The number of hydrogen-bond donors (Lipinski definition) is 2. The molecule has 0 fully saturated rings. The zero-order chi connectivity index (χ0) is 13.2. The third-order valence-electron chi connectivity index (χ3n) is 2.22. The van der Waals surface area contributed by atoms with Crippen molar-refractivity contribution in [3.05, 3.63) is 45.3 Å². The van der Waals surface area contributed by atoms with Crippen LogP contribution in [0.4, 0.5) is 0 Å². The predicted molar refractivity (Wildman–Crippen MR) is 67.9 cm³/mol. The van der Waals surface area contributed by atoms with Gasteiger partial charge in [-0.1, -0.05) is 0 Å². The highest BCUT2D eigenvalue weighted by Gasteiger charge is 2.19. The second-order valence-electron chi connectivity index (χ2n) is 3.60. The minimum atomic E-state index is -3.66. The number of sulfonamides is 1. The fraction of sp³-hybridized carbons (Fsp3) is 0.200. The van der Waals surface area contributed by atoms with Crippen LogP contribution in [0.3, 0.4) is 0 Å². The average Bonchev–Trinajstić information content (AvgIpc) is 2.82. The van der Waals surface area contributed by atoms with E-state index in [1.54, 1.807) is 18.5 Å². The zero-order valence-corrected chi connectivity index (χ0v) is 11.1. The van der Waals surface area contributed by atoms with Gasteiger partial charge in [0.2, 0.25) is 15.6 Å². The molecule has 2 N–H and O–H groups in total. The third-order valence-corrected chi connectivity index (χ3v) is 4.72. The second-order valence-corrected chi connectivity index (χ2v) is 6.24. The lowest BCUT2D eigenvalue weighted by Gasteiger charge is -2.11. The van der Waals surface area contributed by atoms with Crippen LogP contribution < -0.4 is 10.3 Å². The summed E-state index contributed by atoms with van der Waals surface area (Å²) in [6, 6.07) is 2.01. The predicted octanol–water partition coefficient (Wildman–Crippen LogP) is 0.871. The number of pyridine rings is 1. The number of hydrogen-bond acceptors (Lipinski definition) is 5. The number of thiazole rings is 1. The van der Waals surface area contributed by atoms with E-state index in [2.05, 4.69) is 14.7 Å². The summed E-state index contributed by atoms with van der Waals surface area (Å²) in [5.74, 6) is 0. The highest BCUT2D eigenvalue weighted by Crippen LogP contribution is 2.17. The van der Waals surface area contributed by atoms with Crippen LogP contribution in [0.15, 0.2) is 39.6 Å². The Morgan fingerprint density at radius 3 is 2.78 bits per heavy atom. The number of nitrogens with zero attached hydrogens (tertiary/aromatic N) is 1. The smallest absolute Gasteiger partial charge is 0.247 e. The molecule has 6 nitrogen and oxygen atoms in total. The van der Waals surface area contributed by atoms with Crippen LogP contribution in [-0.4, -0.2) is 18.4 Å². The first kappa shape index (κ1) is 12.9. The summed E-state index contributed by atoms with van der Waals surface area (Å²) >= 11 is 1.37. The van der Waals surface area contributed by atoms with Crippen LogP contribution in [0.5, 0.6) is 0 Å².